The molecule has 0 aliphatic rings. The standard InChI is InChI=1S/C11H16N2O3/c1-8(7-15-2)16-11(14)9-3-4-13-10(5-9)6-12/h3-5,8H,6-7,12H2,1-2H3. The molecule has 0 aromatic carbocycles. The number of hydrogen-bond acceptors (Lipinski definition) is 5. The molecule has 1 aromatic heterocycles. The zero-order chi connectivity index (χ0) is 12.0. The molecule has 2 N–H and O–H groups in total. The summed E-state index contributed by atoms with van der Waals surface area (Å²) in [6, 6.07) is 3.23. The monoisotopic (exact) mass is 224 g/mol. The number of rotatable bonds is 5. The van der Waals surface area contributed by atoms with E-state index in [9.17, 15) is 4.79 Å². The molecule has 0 aliphatic carbocycles. The van der Waals surface area contributed by atoms with Crippen molar-refractivity contribution in [3.8, 4) is 0 Å². The molecule has 0 bridgehead atoms. The Morgan fingerprint density at radius 3 is 3.00 bits per heavy atom. The van der Waals surface area contributed by atoms with Crippen LogP contribution in [0.4, 0.5) is 0 Å². The fraction of sp³-hybridized carbons (Fsp3) is 0.455. The maximum atomic E-state index is 11.7. The molecule has 0 saturated carbocycles. The van der Waals surface area contributed by atoms with Gasteiger partial charge in [0.2, 0.25) is 0 Å². The molecule has 1 rings (SSSR count). The molecule has 0 radical (unpaired) electrons. The minimum absolute atomic E-state index is 0.271. The van der Waals surface area contributed by atoms with E-state index in [0.29, 0.717) is 24.4 Å². The average Bonchev–Trinajstić information content (AvgIpc) is 2.29. The zero-order valence-corrected chi connectivity index (χ0v) is 9.47. The molecule has 0 saturated heterocycles. The molecule has 5 nitrogen and oxygen atoms in total. The van der Waals surface area contributed by atoms with Gasteiger partial charge in [-0.15, -0.1) is 0 Å². The summed E-state index contributed by atoms with van der Waals surface area (Å²) in [6.45, 7) is 2.45. The van der Waals surface area contributed by atoms with Crippen molar-refractivity contribution in [3.05, 3.63) is 29.6 Å². The lowest BCUT2D eigenvalue weighted by Crippen LogP contribution is -2.20. The van der Waals surface area contributed by atoms with Crippen molar-refractivity contribution in [3.63, 3.8) is 0 Å². The second-order valence-corrected chi connectivity index (χ2v) is 3.41. The van der Waals surface area contributed by atoms with Crippen LogP contribution in [-0.2, 0) is 16.0 Å². The van der Waals surface area contributed by atoms with Crippen molar-refractivity contribution in [1.29, 1.82) is 0 Å². The van der Waals surface area contributed by atoms with Gasteiger partial charge in [-0.05, 0) is 19.1 Å². The largest absolute Gasteiger partial charge is 0.457 e. The van der Waals surface area contributed by atoms with E-state index in [-0.39, 0.29) is 12.1 Å². The molecule has 5 heteroatoms. The van der Waals surface area contributed by atoms with Crippen LogP contribution in [0.5, 0.6) is 0 Å². The summed E-state index contributed by atoms with van der Waals surface area (Å²) < 4.78 is 10.0. The first-order valence-corrected chi connectivity index (χ1v) is 5.02. The second-order valence-electron chi connectivity index (χ2n) is 3.41. The first-order valence-electron chi connectivity index (χ1n) is 5.02. The number of nitrogens with two attached hydrogens (primary N) is 1. The Labute approximate surface area is 94.6 Å². The van der Waals surface area contributed by atoms with E-state index in [1.165, 1.54) is 0 Å². The topological polar surface area (TPSA) is 74.4 Å². The summed E-state index contributed by atoms with van der Waals surface area (Å²) in [7, 11) is 1.56. The Morgan fingerprint density at radius 2 is 2.38 bits per heavy atom. The van der Waals surface area contributed by atoms with Gasteiger partial charge < -0.3 is 15.2 Å². The fourth-order valence-electron chi connectivity index (χ4n) is 1.24. The lowest BCUT2D eigenvalue weighted by atomic mass is 10.2. The van der Waals surface area contributed by atoms with E-state index in [1.54, 1.807) is 32.4 Å². The Hall–Kier alpha value is -1.46. The molecular weight excluding hydrogens is 208 g/mol. The molecule has 1 unspecified atom stereocenters. The molecule has 0 spiro atoms. The Kier molecular flexibility index (Phi) is 4.88. The van der Waals surface area contributed by atoms with Gasteiger partial charge in [-0.1, -0.05) is 0 Å². The van der Waals surface area contributed by atoms with Crippen LogP contribution in [0, 0.1) is 0 Å². The van der Waals surface area contributed by atoms with E-state index < -0.39 is 0 Å². The highest BCUT2D eigenvalue weighted by atomic mass is 16.6. The van der Waals surface area contributed by atoms with Gasteiger partial charge in [-0.25, -0.2) is 4.79 Å². The van der Waals surface area contributed by atoms with Crippen LogP contribution in [0.15, 0.2) is 18.3 Å². The second kappa shape index (κ2) is 6.19. The van der Waals surface area contributed by atoms with Crippen molar-refractivity contribution in [2.45, 2.75) is 19.6 Å². The van der Waals surface area contributed by atoms with E-state index in [4.69, 9.17) is 15.2 Å². The van der Waals surface area contributed by atoms with E-state index in [0.717, 1.165) is 0 Å². The van der Waals surface area contributed by atoms with Crippen molar-refractivity contribution in [1.82, 2.24) is 4.98 Å². The highest BCUT2D eigenvalue weighted by Gasteiger charge is 2.12. The molecule has 0 amide bonds. The van der Waals surface area contributed by atoms with Crippen molar-refractivity contribution >= 4 is 5.97 Å². The first kappa shape index (κ1) is 12.6. The Balaban J connectivity index is 2.65. The van der Waals surface area contributed by atoms with Crippen LogP contribution >= 0.6 is 0 Å². The van der Waals surface area contributed by atoms with Crippen molar-refractivity contribution in [2.75, 3.05) is 13.7 Å². The van der Waals surface area contributed by atoms with E-state index >= 15 is 0 Å². The van der Waals surface area contributed by atoms with Gasteiger partial charge in [0.1, 0.15) is 6.10 Å². The number of methoxy groups -OCH3 is 1. The van der Waals surface area contributed by atoms with Gasteiger partial charge in [-0.3, -0.25) is 4.98 Å². The van der Waals surface area contributed by atoms with Gasteiger partial charge in [0.15, 0.2) is 0 Å². The van der Waals surface area contributed by atoms with Gasteiger partial charge in [0, 0.05) is 19.9 Å². The zero-order valence-electron chi connectivity index (χ0n) is 9.47. The number of esters is 1. The van der Waals surface area contributed by atoms with Crippen LogP contribution in [-0.4, -0.2) is 30.8 Å². The highest BCUT2D eigenvalue weighted by Crippen LogP contribution is 2.05. The molecule has 1 atom stereocenters. The lowest BCUT2D eigenvalue weighted by Gasteiger charge is -2.12. The summed E-state index contributed by atoms with van der Waals surface area (Å²) in [6.07, 6.45) is 1.27. The molecular formula is C11H16N2O3. The van der Waals surface area contributed by atoms with Crippen LogP contribution < -0.4 is 5.73 Å². The number of aromatic nitrogens is 1. The third-order valence-corrected chi connectivity index (χ3v) is 1.97. The smallest absolute Gasteiger partial charge is 0.338 e. The predicted octanol–water partition coefficient (Wildman–Crippen LogP) is 0.732. The molecule has 0 aliphatic heterocycles. The molecule has 1 heterocycles. The van der Waals surface area contributed by atoms with Crippen LogP contribution in [0.2, 0.25) is 0 Å². The number of carbonyl (C=O) groups is 1. The van der Waals surface area contributed by atoms with Crippen LogP contribution in [0.1, 0.15) is 23.0 Å². The fourth-order valence-corrected chi connectivity index (χ4v) is 1.24. The number of nitrogens with zero attached hydrogens (tertiary/aromatic N) is 1. The number of pyridine rings is 1. The summed E-state index contributed by atoms with van der Waals surface area (Å²) in [5, 5.41) is 0. The summed E-state index contributed by atoms with van der Waals surface area (Å²) in [4.78, 5) is 15.6. The van der Waals surface area contributed by atoms with Gasteiger partial charge in [-0.2, -0.15) is 0 Å². The minimum atomic E-state index is -0.387. The predicted molar refractivity (Wildman–Crippen MR) is 58.9 cm³/mol. The van der Waals surface area contributed by atoms with Crippen LogP contribution in [0.25, 0.3) is 0 Å². The third-order valence-electron chi connectivity index (χ3n) is 1.97. The normalized spacial score (nSPS) is 12.2. The quantitative estimate of drug-likeness (QED) is 0.746. The maximum Gasteiger partial charge on any atom is 0.338 e. The molecule has 1 aromatic rings. The number of carbonyl (C=O) groups excluding carboxylic acids is 1. The van der Waals surface area contributed by atoms with E-state index in [1.807, 2.05) is 0 Å². The first-order chi connectivity index (χ1) is 7.67. The summed E-state index contributed by atoms with van der Waals surface area (Å²) >= 11 is 0. The lowest BCUT2D eigenvalue weighted by molar-refractivity contribution is 0.0120. The minimum Gasteiger partial charge on any atom is -0.457 e. The average molecular weight is 224 g/mol. The Morgan fingerprint density at radius 1 is 1.62 bits per heavy atom. The Bertz CT molecular complexity index is 355. The summed E-state index contributed by atoms with van der Waals surface area (Å²) in [5.74, 6) is -0.387. The molecule has 88 valence electrons. The number of ether oxygens (including phenoxy) is 2. The third kappa shape index (κ3) is 3.60. The van der Waals surface area contributed by atoms with Gasteiger partial charge >= 0.3 is 5.97 Å². The SMILES string of the molecule is COCC(C)OC(=O)c1ccnc(CN)c1. The van der Waals surface area contributed by atoms with Crippen molar-refractivity contribution in [2.24, 2.45) is 5.73 Å². The van der Waals surface area contributed by atoms with Crippen molar-refractivity contribution < 1.29 is 14.3 Å². The van der Waals surface area contributed by atoms with Crippen LogP contribution in [0.3, 0.4) is 0 Å². The number of hydrogen-bond donors (Lipinski definition) is 1. The highest BCUT2D eigenvalue weighted by molar-refractivity contribution is 5.89. The maximum absolute atomic E-state index is 11.7. The van der Waals surface area contributed by atoms with Gasteiger partial charge in [0.05, 0.1) is 17.9 Å². The van der Waals surface area contributed by atoms with E-state index in [2.05, 4.69) is 4.98 Å². The summed E-state index contributed by atoms with van der Waals surface area (Å²) in [5.41, 5.74) is 6.55. The molecule has 0 fully saturated rings. The molecule has 16 heavy (non-hydrogen) atoms. The van der Waals surface area contributed by atoms with Gasteiger partial charge in [0.25, 0.3) is 0 Å².